The molecule has 0 bridgehead atoms. The lowest BCUT2D eigenvalue weighted by molar-refractivity contribution is -0.121. The predicted molar refractivity (Wildman–Crippen MR) is 140 cm³/mol. The molecule has 2 aliphatic heterocycles. The highest BCUT2D eigenvalue weighted by Crippen LogP contribution is 2.33. The van der Waals surface area contributed by atoms with Crippen molar-refractivity contribution in [3.8, 4) is 5.75 Å². The molecular weight excluding hydrogens is 501 g/mol. The summed E-state index contributed by atoms with van der Waals surface area (Å²) < 4.78 is 23.4. The van der Waals surface area contributed by atoms with E-state index >= 15 is 0 Å². The van der Waals surface area contributed by atoms with Gasteiger partial charge in [-0.2, -0.15) is 11.8 Å². The van der Waals surface area contributed by atoms with Crippen molar-refractivity contribution in [3.05, 3.63) is 41.7 Å². The first-order valence-corrected chi connectivity index (χ1v) is 13.6. The number of hydrogen-bond donors (Lipinski definition) is 5. The Labute approximate surface area is 220 Å². The first kappa shape index (κ1) is 28.7. The molecule has 2 saturated heterocycles. The van der Waals surface area contributed by atoms with Crippen molar-refractivity contribution >= 4 is 29.6 Å². The highest BCUT2D eigenvalue weighted by molar-refractivity contribution is 8.00. The van der Waals surface area contributed by atoms with Crippen LogP contribution in [-0.2, 0) is 9.53 Å². The van der Waals surface area contributed by atoms with Gasteiger partial charge in [0.15, 0.2) is 0 Å². The van der Waals surface area contributed by atoms with Crippen LogP contribution in [0.25, 0.3) is 0 Å². The number of rotatable bonds is 16. The van der Waals surface area contributed by atoms with Crippen molar-refractivity contribution in [2.75, 3.05) is 45.2 Å². The van der Waals surface area contributed by atoms with Gasteiger partial charge in [-0.15, -0.1) is 0 Å². The highest BCUT2D eigenvalue weighted by Gasteiger charge is 2.42. The summed E-state index contributed by atoms with van der Waals surface area (Å²) in [7, 11) is 0. The van der Waals surface area contributed by atoms with Gasteiger partial charge in [0.2, 0.25) is 5.91 Å². The van der Waals surface area contributed by atoms with Crippen LogP contribution in [-0.4, -0.2) is 80.4 Å². The van der Waals surface area contributed by atoms with Gasteiger partial charge in [-0.1, -0.05) is 6.42 Å². The van der Waals surface area contributed by atoms with Crippen LogP contribution in [0.5, 0.6) is 5.75 Å². The van der Waals surface area contributed by atoms with Crippen LogP contribution in [0.1, 0.15) is 36.0 Å². The molecule has 12 heteroatoms. The van der Waals surface area contributed by atoms with Crippen molar-refractivity contribution in [2.24, 2.45) is 5.73 Å². The number of ether oxygens (including phenoxy) is 2. The Balaban J connectivity index is 1.16. The molecule has 2 aliphatic rings. The molecule has 0 aromatic heterocycles. The number of carbonyl (C=O) groups is 3. The molecule has 0 radical (unpaired) electrons. The SMILES string of the molecule is NC/C(=C\F)COc1ccc(C(=O)NCCOCCNC(=O)CCCCC2SCC3NC(=O)NC32)cc1. The Hall–Kier alpha value is -2.83. The van der Waals surface area contributed by atoms with Crippen molar-refractivity contribution in [1.29, 1.82) is 0 Å². The molecular formula is C25H36FN5O5S. The minimum atomic E-state index is -0.243. The predicted octanol–water partition coefficient (Wildman–Crippen LogP) is 1.47. The van der Waals surface area contributed by atoms with Crippen LogP contribution in [0.3, 0.4) is 0 Å². The average molecular weight is 538 g/mol. The van der Waals surface area contributed by atoms with Gasteiger partial charge in [0, 0.05) is 48.2 Å². The van der Waals surface area contributed by atoms with E-state index in [4.69, 9.17) is 15.2 Å². The maximum Gasteiger partial charge on any atom is 0.315 e. The molecule has 3 unspecified atom stereocenters. The lowest BCUT2D eigenvalue weighted by atomic mass is 10.0. The fraction of sp³-hybridized carbons (Fsp3) is 0.560. The quantitative estimate of drug-likeness (QED) is 0.159. The Kier molecular flexibility index (Phi) is 12.0. The lowest BCUT2D eigenvalue weighted by Crippen LogP contribution is -2.36. The number of urea groups is 1. The zero-order valence-corrected chi connectivity index (χ0v) is 21.6. The molecule has 3 rings (SSSR count). The van der Waals surface area contributed by atoms with Gasteiger partial charge < -0.3 is 36.5 Å². The standard InChI is InChI=1S/C25H36FN5O5S/c26-13-17(14-27)15-36-19-7-5-18(6-8-19)24(33)29-10-12-35-11-9-28-22(32)4-2-1-3-21-23-20(16-37-21)30-25(34)31-23/h5-8,13,20-21,23H,1-4,9-12,14-16,27H2,(H,28,32)(H,29,33)(H2,30,31,34)/b17-13+. The summed E-state index contributed by atoms with van der Waals surface area (Å²) in [4.78, 5) is 35.6. The van der Waals surface area contributed by atoms with E-state index in [2.05, 4.69) is 21.3 Å². The number of nitrogens with one attached hydrogen (secondary N) is 4. The summed E-state index contributed by atoms with van der Waals surface area (Å²) in [6.45, 7) is 1.57. The molecule has 6 N–H and O–H groups in total. The summed E-state index contributed by atoms with van der Waals surface area (Å²) in [5.74, 6) is 1.21. The monoisotopic (exact) mass is 537 g/mol. The molecule has 204 valence electrons. The minimum Gasteiger partial charge on any atom is -0.489 e. The maximum atomic E-state index is 12.5. The van der Waals surface area contributed by atoms with Crippen LogP contribution in [0.4, 0.5) is 9.18 Å². The van der Waals surface area contributed by atoms with E-state index in [0.29, 0.717) is 61.2 Å². The molecule has 2 heterocycles. The Bertz CT molecular complexity index is 933. The second kappa shape index (κ2) is 15.4. The first-order chi connectivity index (χ1) is 18.0. The fourth-order valence-electron chi connectivity index (χ4n) is 4.08. The van der Waals surface area contributed by atoms with Crippen molar-refractivity contribution in [2.45, 2.75) is 43.0 Å². The van der Waals surface area contributed by atoms with Crippen molar-refractivity contribution < 1.29 is 28.2 Å². The van der Waals surface area contributed by atoms with Gasteiger partial charge in [-0.05, 0) is 37.1 Å². The second-order valence-corrected chi connectivity index (χ2v) is 10.1. The van der Waals surface area contributed by atoms with Gasteiger partial charge in [-0.3, -0.25) is 9.59 Å². The van der Waals surface area contributed by atoms with Gasteiger partial charge in [0.1, 0.15) is 12.4 Å². The summed E-state index contributed by atoms with van der Waals surface area (Å²) in [5, 5.41) is 11.9. The minimum absolute atomic E-state index is 0.00270. The van der Waals surface area contributed by atoms with E-state index in [1.165, 1.54) is 0 Å². The third kappa shape index (κ3) is 9.52. The molecule has 1 aromatic rings. The molecule has 0 aliphatic carbocycles. The van der Waals surface area contributed by atoms with Gasteiger partial charge >= 0.3 is 6.03 Å². The van der Waals surface area contributed by atoms with Gasteiger partial charge in [0.05, 0.1) is 31.6 Å². The van der Waals surface area contributed by atoms with E-state index in [9.17, 15) is 18.8 Å². The van der Waals surface area contributed by atoms with E-state index in [1.807, 2.05) is 11.8 Å². The molecule has 0 spiro atoms. The van der Waals surface area contributed by atoms with Gasteiger partial charge in [0.25, 0.3) is 5.91 Å². The number of unbranched alkanes of at least 4 members (excludes halogenated alkanes) is 1. The third-order valence-corrected chi connectivity index (χ3v) is 7.65. The van der Waals surface area contributed by atoms with E-state index in [1.54, 1.807) is 24.3 Å². The summed E-state index contributed by atoms with van der Waals surface area (Å²) in [6, 6.07) is 6.87. The van der Waals surface area contributed by atoms with Gasteiger partial charge in [-0.25, -0.2) is 9.18 Å². The molecule has 3 atom stereocenters. The maximum absolute atomic E-state index is 12.5. The number of benzene rings is 1. The number of halogens is 1. The van der Waals surface area contributed by atoms with E-state index in [-0.39, 0.29) is 43.1 Å². The van der Waals surface area contributed by atoms with Crippen molar-refractivity contribution in [3.63, 3.8) is 0 Å². The van der Waals surface area contributed by atoms with Crippen LogP contribution >= 0.6 is 11.8 Å². The lowest BCUT2D eigenvalue weighted by Gasteiger charge is -2.16. The second-order valence-electron chi connectivity index (χ2n) is 8.87. The van der Waals surface area contributed by atoms with E-state index in [0.717, 1.165) is 25.0 Å². The van der Waals surface area contributed by atoms with Crippen LogP contribution in [0.2, 0.25) is 0 Å². The zero-order chi connectivity index (χ0) is 26.5. The van der Waals surface area contributed by atoms with E-state index < -0.39 is 0 Å². The molecule has 10 nitrogen and oxygen atoms in total. The smallest absolute Gasteiger partial charge is 0.315 e. The number of hydrogen-bond acceptors (Lipinski definition) is 7. The van der Waals surface area contributed by atoms with Crippen molar-refractivity contribution in [1.82, 2.24) is 21.3 Å². The number of amides is 4. The molecule has 4 amide bonds. The topological polar surface area (TPSA) is 144 Å². The Morgan fingerprint density at radius 2 is 1.89 bits per heavy atom. The molecule has 37 heavy (non-hydrogen) atoms. The number of nitrogens with two attached hydrogens (primary N) is 1. The normalized spacial score (nSPS) is 20.6. The summed E-state index contributed by atoms with van der Waals surface area (Å²) in [5.41, 5.74) is 6.19. The Morgan fingerprint density at radius 3 is 2.62 bits per heavy atom. The molecule has 1 aromatic carbocycles. The highest BCUT2D eigenvalue weighted by atomic mass is 32.2. The van der Waals surface area contributed by atoms with Crippen LogP contribution in [0, 0.1) is 0 Å². The molecule has 0 saturated carbocycles. The zero-order valence-electron chi connectivity index (χ0n) is 20.8. The first-order valence-electron chi connectivity index (χ1n) is 12.5. The van der Waals surface area contributed by atoms with Crippen LogP contribution < -0.4 is 31.7 Å². The number of carbonyl (C=O) groups excluding carboxylic acids is 3. The average Bonchev–Trinajstić information content (AvgIpc) is 3.46. The summed E-state index contributed by atoms with van der Waals surface area (Å²) >= 11 is 1.88. The Morgan fingerprint density at radius 1 is 1.14 bits per heavy atom. The fourth-order valence-corrected chi connectivity index (χ4v) is 5.62. The molecule has 2 fully saturated rings. The number of thioether (sulfide) groups is 1. The largest absolute Gasteiger partial charge is 0.489 e. The third-order valence-electron chi connectivity index (χ3n) is 6.14. The summed E-state index contributed by atoms with van der Waals surface area (Å²) in [6.07, 6.45) is 3.65. The van der Waals surface area contributed by atoms with Crippen LogP contribution in [0.15, 0.2) is 36.2 Å². The number of fused-ring (bicyclic) bond motifs is 1.